The average Bonchev–Trinajstić information content (AvgIpc) is 2.74. The molecule has 0 bridgehead atoms. The van der Waals surface area contributed by atoms with Crippen LogP contribution in [0.15, 0.2) is 58.9 Å². The molecule has 1 rings (SSSR count). The van der Waals surface area contributed by atoms with Crippen molar-refractivity contribution in [1.82, 2.24) is 0 Å². The molecule has 2 N–H and O–H groups in total. The molecule has 0 aromatic rings. The van der Waals surface area contributed by atoms with Crippen molar-refractivity contribution in [2.45, 2.75) is 46.0 Å². The Bertz CT molecular complexity index is 512. The third-order valence-corrected chi connectivity index (χ3v) is 3.98. The van der Waals surface area contributed by atoms with E-state index in [4.69, 9.17) is 22.1 Å². The van der Waals surface area contributed by atoms with Crippen LogP contribution in [0.25, 0.3) is 0 Å². The van der Waals surface area contributed by atoms with E-state index in [2.05, 4.69) is 44.7 Å². The molecule has 0 spiro atoms. The van der Waals surface area contributed by atoms with E-state index in [0.29, 0.717) is 19.0 Å². The maximum Gasteiger partial charge on any atom is 0.100 e. The van der Waals surface area contributed by atoms with E-state index in [0.717, 1.165) is 37.9 Å². The number of alkyl halides is 1. The monoisotopic (exact) mass is 335 g/mol. The van der Waals surface area contributed by atoms with E-state index in [9.17, 15) is 0 Å². The van der Waals surface area contributed by atoms with Crippen molar-refractivity contribution in [3.63, 3.8) is 0 Å². The quantitative estimate of drug-likeness (QED) is 0.427. The number of halogens is 1. The number of ether oxygens (including phenoxy) is 1. The molecule has 0 unspecified atom stereocenters. The highest BCUT2D eigenvalue weighted by Gasteiger charge is 2.09. The van der Waals surface area contributed by atoms with Gasteiger partial charge in [0.1, 0.15) is 5.76 Å². The predicted molar refractivity (Wildman–Crippen MR) is 102 cm³/mol. The maximum atomic E-state index is 5.95. The van der Waals surface area contributed by atoms with Gasteiger partial charge in [-0.1, -0.05) is 56.2 Å². The Balaban J connectivity index is 3.08. The lowest BCUT2D eigenvalue weighted by Crippen LogP contribution is -2.08. The van der Waals surface area contributed by atoms with Crippen LogP contribution < -0.4 is 5.73 Å². The minimum Gasteiger partial charge on any atom is -0.496 e. The highest BCUT2D eigenvalue weighted by Crippen LogP contribution is 2.25. The first-order chi connectivity index (χ1) is 11.1. The molecule has 0 fully saturated rings. The lowest BCUT2D eigenvalue weighted by molar-refractivity contribution is 0.215. The van der Waals surface area contributed by atoms with Gasteiger partial charge in [0, 0.05) is 18.8 Å². The molecule has 128 valence electrons. The zero-order chi connectivity index (χ0) is 17.1. The number of rotatable bonds is 10. The molecule has 0 aromatic heterocycles. The Hall–Kier alpha value is -1.25. The standard InChI is InChI=1S/C20H30ClNO/c1-4-6-19(16(3)5-2)14-17-7-8-20(23-12-11-22)15-18(13-17)9-10-21/h7-8,13-14H,3-6,9-12,15,22H2,1-2H3/b19-14+. The van der Waals surface area contributed by atoms with Gasteiger partial charge in [-0.05, 0) is 36.5 Å². The molecule has 1 aliphatic carbocycles. The number of hydrogen-bond acceptors (Lipinski definition) is 2. The van der Waals surface area contributed by atoms with Crippen molar-refractivity contribution < 1.29 is 4.74 Å². The topological polar surface area (TPSA) is 35.2 Å². The van der Waals surface area contributed by atoms with E-state index in [1.165, 1.54) is 22.3 Å². The molecule has 23 heavy (non-hydrogen) atoms. The van der Waals surface area contributed by atoms with Gasteiger partial charge in [-0.15, -0.1) is 11.6 Å². The SMILES string of the molecule is C=C(CC)/C(=C/C1=CC=C(OCCN)CC(CCCl)=C1)CCC. The Morgan fingerprint density at radius 2 is 2.17 bits per heavy atom. The molecular formula is C20H30ClNO. The Kier molecular flexibility index (Phi) is 9.74. The molecule has 0 saturated heterocycles. The van der Waals surface area contributed by atoms with Gasteiger partial charge in [-0.3, -0.25) is 0 Å². The van der Waals surface area contributed by atoms with Gasteiger partial charge in [0.05, 0.1) is 6.61 Å². The van der Waals surface area contributed by atoms with E-state index < -0.39 is 0 Å². The molecule has 2 nitrogen and oxygen atoms in total. The van der Waals surface area contributed by atoms with Crippen LogP contribution >= 0.6 is 11.6 Å². The van der Waals surface area contributed by atoms with E-state index >= 15 is 0 Å². The fourth-order valence-electron chi connectivity index (χ4n) is 2.52. The molecular weight excluding hydrogens is 306 g/mol. The lowest BCUT2D eigenvalue weighted by atomic mass is 9.97. The average molecular weight is 336 g/mol. The summed E-state index contributed by atoms with van der Waals surface area (Å²) in [6.07, 6.45) is 13.5. The largest absolute Gasteiger partial charge is 0.496 e. The van der Waals surface area contributed by atoms with Gasteiger partial charge in [-0.25, -0.2) is 0 Å². The minimum atomic E-state index is 0.527. The van der Waals surface area contributed by atoms with Crippen LogP contribution in [0.1, 0.15) is 46.0 Å². The van der Waals surface area contributed by atoms with E-state index in [-0.39, 0.29) is 0 Å². The second kappa shape index (κ2) is 11.3. The summed E-state index contributed by atoms with van der Waals surface area (Å²) >= 11 is 5.95. The van der Waals surface area contributed by atoms with Gasteiger partial charge in [0.25, 0.3) is 0 Å². The molecule has 0 atom stereocenters. The summed E-state index contributed by atoms with van der Waals surface area (Å²) in [5, 5.41) is 0. The molecule has 0 aromatic carbocycles. The molecule has 0 saturated carbocycles. The van der Waals surface area contributed by atoms with E-state index in [1.807, 2.05) is 0 Å². The van der Waals surface area contributed by atoms with Crippen LogP contribution in [-0.4, -0.2) is 19.0 Å². The Morgan fingerprint density at radius 3 is 2.78 bits per heavy atom. The van der Waals surface area contributed by atoms with Crippen molar-refractivity contribution >= 4 is 11.6 Å². The number of allylic oxidation sites excluding steroid dienone is 8. The third-order valence-electron chi connectivity index (χ3n) is 3.80. The summed E-state index contributed by atoms with van der Waals surface area (Å²) in [5.41, 5.74) is 10.6. The Labute approximate surface area is 146 Å². The van der Waals surface area contributed by atoms with Crippen molar-refractivity contribution in [3.05, 3.63) is 58.9 Å². The summed E-state index contributed by atoms with van der Waals surface area (Å²) < 4.78 is 5.73. The third kappa shape index (κ3) is 7.24. The van der Waals surface area contributed by atoms with Crippen LogP contribution in [0.4, 0.5) is 0 Å². The van der Waals surface area contributed by atoms with Crippen LogP contribution in [0.3, 0.4) is 0 Å². The van der Waals surface area contributed by atoms with Gasteiger partial charge < -0.3 is 10.5 Å². The van der Waals surface area contributed by atoms with Crippen molar-refractivity contribution in [1.29, 1.82) is 0 Å². The summed E-state index contributed by atoms with van der Waals surface area (Å²) in [4.78, 5) is 0. The fourth-order valence-corrected chi connectivity index (χ4v) is 2.76. The van der Waals surface area contributed by atoms with Gasteiger partial charge >= 0.3 is 0 Å². The van der Waals surface area contributed by atoms with Crippen LogP contribution in [0.2, 0.25) is 0 Å². The molecule has 0 heterocycles. The summed E-state index contributed by atoms with van der Waals surface area (Å²) in [7, 11) is 0. The second-order valence-corrected chi connectivity index (χ2v) is 6.11. The molecule has 0 aliphatic heterocycles. The van der Waals surface area contributed by atoms with Crippen LogP contribution in [-0.2, 0) is 4.74 Å². The maximum absolute atomic E-state index is 5.95. The highest BCUT2D eigenvalue weighted by atomic mass is 35.5. The van der Waals surface area contributed by atoms with Crippen molar-refractivity contribution in [2.75, 3.05) is 19.0 Å². The first-order valence-electron chi connectivity index (χ1n) is 8.52. The fraction of sp³-hybridized carbons (Fsp3) is 0.500. The highest BCUT2D eigenvalue weighted by molar-refractivity contribution is 6.18. The normalized spacial score (nSPS) is 15.5. The summed E-state index contributed by atoms with van der Waals surface area (Å²) in [5.74, 6) is 1.58. The van der Waals surface area contributed by atoms with Gasteiger partial charge in [0.15, 0.2) is 0 Å². The number of hydrogen-bond donors (Lipinski definition) is 1. The van der Waals surface area contributed by atoms with Gasteiger partial charge in [0.2, 0.25) is 0 Å². The first-order valence-corrected chi connectivity index (χ1v) is 9.05. The molecule has 1 aliphatic rings. The second-order valence-electron chi connectivity index (χ2n) is 5.73. The molecule has 0 amide bonds. The first kappa shape index (κ1) is 19.8. The minimum absolute atomic E-state index is 0.527. The summed E-state index contributed by atoms with van der Waals surface area (Å²) in [6, 6.07) is 0. The Morgan fingerprint density at radius 1 is 1.39 bits per heavy atom. The predicted octanol–water partition coefficient (Wildman–Crippen LogP) is 5.42. The zero-order valence-corrected chi connectivity index (χ0v) is 15.3. The van der Waals surface area contributed by atoms with Crippen LogP contribution in [0, 0.1) is 0 Å². The summed E-state index contributed by atoms with van der Waals surface area (Å²) in [6.45, 7) is 9.63. The lowest BCUT2D eigenvalue weighted by Gasteiger charge is -2.10. The number of nitrogens with two attached hydrogens (primary N) is 1. The van der Waals surface area contributed by atoms with Crippen molar-refractivity contribution in [2.24, 2.45) is 5.73 Å². The molecule has 3 heteroatoms. The van der Waals surface area contributed by atoms with Crippen LogP contribution in [0.5, 0.6) is 0 Å². The smallest absolute Gasteiger partial charge is 0.100 e. The molecule has 0 radical (unpaired) electrons. The van der Waals surface area contributed by atoms with Gasteiger partial charge in [-0.2, -0.15) is 0 Å². The van der Waals surface area contributed by atoms with Crippen molar-refractivity contribution in [3.8, 4) is 0 Å². The van der Waals surface area contributed by atoms with E-state index in [1.54, 1.807) is 0 Å². The zero-order valence-electron chi connectivity index (χ0n) is 14.5.